The van der Waals surface area contributed by atoms with E-state index in [0.717, 1.165) is 21.5 Å². The van der Waals surface area contributed by atoms with E-state index in [1.54, 1.807) is 12.1 Å². The maximum Gasteiger partial charge on any atom is 0.247 e. The molecule has 0 radical (unpaired) electrons. The molecule has 2 aromatic heterocycles. The zero-order chi connectivity index (χ0) is 13.6. The number of aromatic nitrogens is 1. The Hall–Kier alpha value is -1.63. The van der Waals surface area contributed by atoms with Crippen LogP contribution in [0.2, 0.25) is 0 Å². The van der Waals surface area contributed by atoms with Crippen LogP contribution in [0.4, 0.5) is 0 Å². The van der Waals surface area contributed by atoms with Gasteiger partial charge in [0.1, 0.15) is 4.21 Å². The molecule has 4 nitrogen and oxygen atoms in total. The maximum absolute atomic E-state index is 11.3. The van der Waals surface area contributed by atoms with Crippen molar-refractivity contribution in [2.75, 3.05) is 0 Å². The van der Waals surface area contributed by atoms with Crippen LogP contribution in [0.5, 0.6) is 0 Å². The van der Waals surface area contributed by atoms with Gasteiger partial charge in [0, 0.05) is 18.0 Å². The predicted octanol–water partition coefficient (Wildman–Crippen LogP) is 2.55. The molecule has 2 heterocycles. The summed E-state index contributed by atoms with van der Waals surface area (Å²) in [6, 6.07) is 13.4. The first-order chi connectivity index (χ1) is 8.97. The average Bonchev–Trinajstić information content (AvgIpc) is 2.94. The fraction of sp³-hybridized carbons (Fsp3) is 0.0769. The molecule has 98 valence electrons. The Bertz CT molecular complexity index is 860. The SMILES string of the molecule is Cn1c(-c2ccc(S(N)(=O)=O)s2)cc2ccccc21. The molecule has 19 heavy (non-hydrogen) atoms. The number of hydrogen-bond acceptors (Lipinski definition) is 3. The molecule has 0 fully saturated rings. The summed E-state index contributed by atoms with van der Waals surface area (Å²) in [5.41, 5.74) is 2.10. The summed E-state index contributed by atoms with van der Waals surface area (Å²) >= 11 is 1.19. The summed E-state index contributed by atoms with van der Waals surface area (Å²) in [6.07, 6.45) is 0. The van der Waals surface area contributed by atoms with Crippen LogP contribution in [0.1, 0.15) is 0 Å². The lowest BCUT2D eigenvalue weighted by atomic mass is 10.2. The maximum atomic E-state index is 11.3. The number of para-hydroxylation sites is 1. The van der Waals surface area contributed by atoms with E-state index in [-0.39, 0.29) is 4.21 Å². The molecule has 0 aliphatic rings. The Morgan fingerprint density at radius 2 is 1.89 bits per heavy atom. The van der Waals surface area contributed by atoms with Crippen molar-refractivity contribution in [3.63, 3.8) is 0 Å². The minimum atomic E-state index is -3.62. The smallest absolute Gasteiger partial charge is 0.247 e. The second-order valence-electron chi connectivity index (χ2n) is 4.31. The largest absolute Gasteiger partial charge is 0.343 e. The van der Waals surface area contributed by atoms with E-state index in [4.69, 9.17) is 5.14 Å². The Balaban J connectivity index is 2.20. The normalized spacial score (nSPS) is 12.1. The van der Waals surface area contributed by atoms with Gasteiger partial charge in [-0.3, -0.25) is 0 Å². The molecule has 0 aliphatic carbocycles. The van der Waals surface area contributed by atoms with Crippen molar-refractivity contribution < 1.29 is 8.42 Å². The van der Waals surface area contributed by atoms with Crippen molar-refractivity contribution in [1.82, 2.24) is 4.57 Å². The van der Waals surface area contributed by atoms with Gasteiger partial charge in [0.2, 0.25) is 10.0 Å². The first kappa shape index (κ1) is 12.4. The van der Waals surface area contributed by atoms with Crippen LogP contribution in [0.15, 0.2) is 46.7 Å². The number of thiophene rings is 1. The van der Waals surface area contributed by atoms with Crippen molar-refractivity contribution in [3.05, 3.63) is 42.5 Å². The molecule has 0 amide bonds. The minimum Gasteiger partial charge on any atom is -0.343 e. The van der Waals surface area contributed by atoms with Gasteiger partial charge < -0.3 is 4.57 Å². The molecule has 0 spiro atoms. The van der Waals surface area contributed by atoms with E-state index >= 15 is 0 Å². The van der Waals surface area contributed by atoms with Gasteiger partial charge in [-0.1, -0.05) is 18.2 Å². The molecule has 2 N–H and O–H groups in total. The van der Waals surface area contributed by atoms with Crippen LogP contribution in [-0.4, -0.2) is 13.0 Å². The Morgan fingerprint density at radius 3 is 2.53 bits per heavy atom. The predicted molar refractivity (Wildman–Crippen MR) is 77.6 cm³/mol. The zero-order valence-electron chi connectivity index (χ0n) is 10.2. The first-order valence-electron chi connectivity index (χ1n) is 5.64. The number of nitrogens with zero attached hydrogens (tertiary/aromatic N) is 1. The van der Waals surface area contributed by atoms with Gasteiger partial charge in [0.15, 0.2) is 0 Å². The van der Waals surface area contributed by atoms with Crippen LogP contribution < -0.4 is 5.14 Å². The van der Waals surface area contributed by atoms with E-state index in [1.807, 2.05) is 41.9 Å². The van der Waals surface area contributed by atoms with E-state index in [2.05, 4.69) is 0 Å². The fourth-order valence-electron chi connectivity index (χ4n) is 2.14. The minimum absolute atomic E-state index is 0.188. The first-order valence-corrected chi connectivity index (χ1v) is 8.00. The molecule has 3 aromatic rings. The second-order valence-corrected chi connectivity index (χ2v) is 7.18. The number of nitrogens with two attached hydrogens (primary N) is 1. The lowest BCUT2D eigenvalue weighted by Gasteiger charge is -2.01. The summed E-state index contributed by atoms with van der Waals surface area (Å²) in [5.74, 6) is 0. The van der Waals surface area contributed by atoms with Crippen molar-refractivity contribution >= 4 is 32.3 Å². The number of benzene rings is 1. The molecule has 0 unspecified atom stereocenters. The van der Waals surface area contributed by atoms with Crippen LogP contribution in [0.3, 0.4) is 0 Å². The molecule has 0 saturated carbocycles. The lowest BCUT2D eigenvalue weighted by Crippen LogP contribution is -2.09. The summed E-state index contributed by atoms with van der Waals surface area (Å²) in [5, 5.41) is 6.27. The zero-order valence-corrected chi connectivity index (χ0v) is 11.8. The molecule has 3 rings (SSSR count). The van der Waals surface area contributed by atoms with Gasteiger partial charge in [-0.05, 0) is 24.3 Å². The molecule has 0 saturated heterocycles. The third kappa shape index (κ3) is 2.07. The standard InChI is InChI=1S/C13H12N2O2S2/c1-15-10-5-3-2-4-9(10)8-11(15)12-6-7-13(18-12)19(14,16)17/h2-8H,1H3,(H2,14,16,17). The Kier molecular flexibility index (Phi) is 2.74. The second kappa shape index (κ2) is 4.19. The number of sulfonamides is 1. The van der Waals surface area contributed by atoms with Gasteiger partial charge in [-0.2, -0.15) is 0 Å². The molecule has 6 heteroatoms. The highest BCUT2D eigenvalue weighted by molar-refractivity contribution is 7.91. The highest BCUT2D eigenvalue weighted by Gasteiger charge is 2.14. The van der Waals surface area contributed by atoms with E-state index < -0.39 is 10.0 Å². The van der Waals surface area contributed by atoms with Gasteiger partial charge >= 0.3 is 0 Å². The van der Waals surface area contributed by atoms with Crippen LogP contribution in [-0.2, 0) is 17.1 Å². The van der Waals surface area contributed by atoms with E-state index in [0.29, 0.717) is 0 Å². The molecule has 0 aliphatic heterocycles. The summed E-state index contributed by atoms with van der Waals surface area (Å²) in [7, 11) is -1.66. The Morgan fingerprint density at radius 1 is 1.16 bits per heavy atom. The average molecular weight is 292 g/mol. The third-order valence-electron chi connectivity index (χ3n) is 3.07. The highest BCUT2D eigenvalue weighted by atomic mass is 32.2. The summed E-state index contributed by atoms with van der Waals surface area (Å²) in [6.45, 7) is 0. The van der Waals surface area contributed by atoms with Gasteiger partial charge in [-0.25, -0.2) is 13.6 Å². The van der Waals surface area contributed by atoms with E-state index in [9.17, 15) is 8.42 Å². The number of rotatable bonds is 2. The molecular formula is C13H12N2O2S2. The third-order valence-corrected chi connectivity index (χ3v) is 5.61. The monoisotopic (exact) mass is 292 g/mol. The summed E-state index contributed by atoms with van der Waals surface area (Å²) in [4.78, 5) is 0.891. The van der Waals surface area contributed by atoms with Gasteiger partial charge in [0.25, 0.3) is 0 Å². The highest BCUT2D eigenvalue weighted by Crippen LogP contribution is 2.33. The van der Waals surface area contributed by atoms with Crippen LogP contribution in [0, 0.1) is 0 Å². The molecule has 0 atom stereocenters. The quantitative estimate of drug-likeness (QED) is 0.789. The van der Waals surface area contributed by atoms with Crippen molar-refractivity contribution in [3.8, 4) is 10.6 Å². The Labute approximate surface area is 115 Å². The number of fused-ring (bicyclic) bond motifs is 1. The number of hydrogen-bond donors (Lipinski definition) is 1. The van der Waals surface area contributed by atoms with E-state index in [1.165, 1.54) is 11.3 Å². The molecular weight excluding hydrogens is 280 g/mol. The fourth-order valence-corrected chi connectivity index (χ4v) is 3.92. The van der Waals surface area contributed by atoms with Crippen LogP contribution >= 0.6 is 11.3 Å². The molecule has 1 aromatic carbocycles. The topological polar surface area (TPSA) is 65.1 Å². The van der Waals surface area contributed by atoms with Crippen molar-refractivity contribution in [2.24, 2.45) is 12.2 Å². The van der Waals surface area contributed by atoms with Crippen molar-refractivity contribution in [1.29, 1.82) is 0 Å². The summed E-state index contributed by atoms with van der Waals surface area (Å²) < 4.78 is 24.9. The van der Waals surface area contributed by atoms with Crippen LogP contribution in [0.25, 0.3) is 21.5 Å². The van der Waals surface area contributed by atoms with Crippen molar-refractivity contribution in [2.45, 2.75) is 4.21 Å². The number of aryl methyl sites for hydroxylation is 1. The molecule has 0 bridgehead atoms. The van der Waals surface area contributed by atoms with Gasteiger partial charge in [-0.15, -0.1) is 11.3 Å². The lowest BCUT2D eigenvalue weighted by molar-refractivity contribution is 0.600. The van der Waals surface area contributed by atoms with Gasteiger partial charge in [0.05, 0.1) is 10.6 Å². The number of primary sulfonamides is 1.